The fourth-order valence-corrected chi connectivity index (χ4v) is 1.78. The molecule has 1 heterocycles. The summed E-state index contributed by atoms with van der Waals surface area (Å²) < 4.78 is 5.06. The molecule has 1 fully saturated rings. The van der Waals surface area contributed by atoms with E-state index in [2.05, 4.69) is 5.32 Å². The van der Waals surface area contributed by atoms with Gasteiger partial charge in [0.25, 0.3) is 5.91 Å². The lowest BCUT2D eigenvalue weighted by Crippen LogP contribution is -2.46. The van der Waals surface area contributed by atoms with Gasteiger partial charge in [0.2, 0.25) is 0 Å². The maximum Gasteiger partial charge on any atom is 0.253 e. The average Bonchev–Trinajstić information content (AvgIpc) is 2.39. The molecule has 1 aromatic carbocycles. The van der Waals surface area contributed by atoms with Gasteiger partial charge in [0.05, 0.1) is 7.11 Å². The van der Waals surface area contributed by atoms with Crippen molar-refractivity contribution in [3.63, 3.8) is 0 Å². The molecule has 0 unspecified atom stereocenters. The van der Waals surface area contributed by atoms with Crippen LogP contribution < -0.4 is 10.1 Å². The molecule has 1 N–H and O–H groups in total. The number of piperazine rings is 1. The first kappa shape index (κ1) is 11.0. The van der Waals surface area contributed by atoms with E-state index in [9.17, 15) is 4.79 Å². The molecule has 0 aliphatic carbocycles. The molecule has 4 heteroatoms. The molecule has 2 rings (SSSR count). The Morgan fingerprint density at radius 1 is 1.25 bits per heavy atom. The number of nitrogens with zero attached hydrogens (tertiary/aromatic N) is 1. The lowest BCUT2D eigenvalue weighted by atomic mass is 10.2. The Morgan fingerprint density at radius 2 is 1.88 bits per heavy atom. The molecule has 0 bridgehead atoms. The maximum absolute atomic E-state index is 12.1. The fourth-order valence-electron chi connectivity index (χ4n) is 1.78. The molecule has 1 saturated heterocycles. The molecule has 16 heavy (non-hydrogen) atoms. The highest BCUT2D eigenvalue weighted by atomic mass is 16.5. The number of ether oxygens (including phenoxy) is 1. The van der Waals surface area contributed by atoms with Gasteiger partial charge in [-0.25, -0.2) is 0 Å². The summed E-state index contributed by atoms with van der Waals surface area (Å²) in [4.78, 5) is 13.9. The van der Waals surface area contributed by atoms with Gasteiger partial charge in [-0.1, -0.05) is 0 Å². The first-order chi connectivity index (χ1) is 7.81. The largest absolute Gasteiger partial charge is 0.497 e. The molecule has 86 valence electrons. The van der Waals surface area contributed by atoms with Crippen LogP contribution in [-0.2, 0) is 0 Å². The number of carbonyl (C=O) groups excluding carboxylic acids is 1. The van der Waals surface area contributed by atoms with E-state index in [0.29, 0.717) is 0 Å². The molecule has 4 nitrogen and oxygen atoms in total. The average molecular weight is 220 g/mol. The van der Waals surface area contributed by atoms with E-state index in [1.54, 1.807) is 7.11 Å². The SMILES string of the molecule is COc1ccc(C(=O)N2CCNCC2)cc1. The normalized spacial score (nSPS) is 15.9. The van der Waals surface area contributed by atoms with E-state index < -0.39 is 0 Å². The van der Waals surface area contributed by atoms with Crippen molar-refractivity contribution in [2.45, 2.75) is 0 Å². The number of benzene rings is 1. The quantitative estimate of drug-likeness (QED) is 0.799. The Hall–Kier alpha value is -1.55. The number of hydrogen-bond donors (Lipinski definition) is 1. The molecule has 0 aromatic heterocycles. The third kappa shape index (κ3) is 2.33. The number of carbonyl (C=O) groups is 1. The molecule has 0 spiro atoms. The standard InChI is InChI=1S/C12H16N2O2/c1-16-11-4-2-10(3-5-11)12(15)14-8-6-13-7-9-14/h2-5,13H,6-9H2,1H3. The number of nitrogens with one attached hydrogen (secondary N) is 1. The van der Waals surface area contributed by atoms with Crippen LogP contribution in [0.15, 0.2) is 24.3 Å². The van der Waals surface area contributed by atoms with Crippen LogP contribution in [-0.4, -0.2) is 44.1 Å². The predicted molar refractivity (Wildman–Crippen MR) is 61.8 cm³/mol. The molecule has 1 amide bonds. The summed E-state index contributed by atoms with van der Waals surface area (Å²) in [6.07, 6.45) is 0. The number of amides is 1. The minimum Gasteiger partial charge on any atom is -0.497 e. The monoisotopic (exact) mass is 220 g/mol. The van der Waals surface area contributed by atoms with Crippen molar-refractivity contribution >= 4 is 5.91 Å². The van der Waals surface area contributed by atoms with Crippen molar-refractivity contribution in [3.05, 3.63) is 29.8 Å². The zero-order chi connectivity index (χ0) is 11.4. The second kappa shape index (κ2) is 4.99. The summed E-state index contributed by atoms with van der Waals surface area (Å²) in [5.74, 6) is 0.876. The molecule has 1 aliphatic heterocycles. The van der Waals surface area contributed by atoms with Crippen LogP contribution in [0.2, 0.25) is 0 Å². The van der Waals surface area contributed by atoms with Crippen molar-refractivity contribution in [2.24, 2.45) is 0 Å². The second-order valence-corrected chi connectivity index (χ2v) is 3.77. The topological polar surface area (TPSA) is 41.6 Å². The van der Waals surface area contributed by atoms with E-state index >= 15 is 0 Å². The number of methoxy groups -OCH3 is 1. The Balaban J connectivity index is 2.07. The maximum atomic E-state index is 12.1. The third-order valence-electron chi connectivity index (χ3n) is 2.74. The Kier molecular flexibility index (Phi) is 3.41. The van der Waals surface area contributed by atoms with E-state index in [1.165, 1.54) is 0 Å². The first-order valence-corrected chi connectivity index (χ1v) is 5.45. The molecule has 0 saturated carbocycles. The molecular weight excluding hydrogens is 204 g/mol. The second-order valence-electron chi connectivity index (χ2n) is 3.77. The van der Waals surface area contributed by atoms with Crippen molar-refractivity contribution in [1.82, 2.24) is 10.2 Å². The lowest BCUT2D eigenvalue weighted by molar-refractivity contribution is 0.0736. The minimum atomic E-state index is 0.101. The van der Waals surface area contributed by atoms with Crippen LogP contribution in [0, 0.1) is 0 Å². The zero-order valence-corrected chi connectivity index (χ0v) is 9.40. The van der Waals surface area contributed by atoms with Gasteiger partial charge in [-0.15, -0.1) is 0 Å². The summed E-state index contributed by atoms with van der Waals surface area (Å²) in [7, 11) is 1.62. The van der Waals surface area contributed by atoms with Gasteiger partial charge in [-0.05, 0) is 24.3 Å². The molecule has 1 aromatic rings. The van der Waals surface area contributed by atoms with Crippen molar-refractivity contribution < 1.29 is 9.53 Å². The Labute approximate surface area is 95.2 Å². The third-order valence-corrected chi connectivity index (χ3v) is 2.74. The highest BCUT2D eigenvalue weighted by Gasteiger charge is 2.17. The summed E-state index contributed by atoms with van der Waals surface area (Å²) in [5.41, 5.74) is 0.725. The van der Waals surface area contributed by atoms with Crippen LogP contribution in [0.4, 0.5) is 0 Å². The highest BCUT2D eigenvalue weighted by Crippen LogP contribution is 2.13. The number of hydrogen-bond acceptors (Lipinski definition) is 3. The van der Waals surface area contributed by atoms with Crippen LogP contribution in [0.1, 0.15) is 10.4 Å². The van der Waals surface area contributed by atoms with Gasteiger partial charge in [-0.3, -0.25) is 4.79 Å². The summed E-state index contributed by atoms with van der Waals surface area (Å²) in [5, 5.41) is 3.23. The Morgan fingerprint density at radius 3 is 2.44 bits per heavy atom. The van der Waals surface area contributed by atoms with Gasteiger partial charge in [0.15, 0.2) is 0 Å². The molecular formula is C12H16N2O2. The van der Waals surface area contributed by atoms with Crippen LogP contribution >= 0.6 is 0 Å². The first-order valence-electron chi connectivity index (χ1n) is 5.45. The van der Waals surface area contributed by atoms with Gasteiger partial charge in [0.1, 0.15) is 5.75 Å². The van der Waals surface area contributed by atoms with Gasteiger partial charge in [-0.2, -0.15) is 0 Å². The molecule has 0 radical (unpaired) electrons. The van der Waals surface area contributed by atoms with Gasteiger partial charge >= 0.3 is 0 Å². The fraction of sp³-hybridized carbons (Fsp3) is 0.417. The van der Waals surface area contributed by atoms with E-state index in [4.69, 9.17) is 4.74 Å². The van der Waals surface area contributed by atoms with E-state index in [0.717, 1.165) is 37.5 Å². The lowest BCUT2D eigenvalue weighted by Gasteiger charge is -2.27. The van der Waals surface area contributed by atoms with E-state index in [1.807, 2.05) is 29.2 Å². The number of rotatable bonds is 2. The Bertz CT molecular complexity index is 356. The summed E-state index contributed by atoms with van der Waals surface area (Å²) >= 11 is 0. The van der Waals surface area contributed by atoms with Crippen LogP contribution in [0.3, 0.4) is 0 Å². The summed E-state index contributed by atoms with van der Waals surface area (Å²) in [6, 6.07) is 7.25. The molecule has 1 aliphatic rings. The van der Waals surface area contributed by atoms with Crippen molar-refractivity contribution in [2.75, 3.05) is 33.3 Å². The summed E-state index contributed by atoms with van der Waals surface area (Å²) in [6.45, 7) is 3.32. The van der Waals surface area contributed by atoms with E-state index in [-0.39, 0.29) is 5.91 Å². The van der Waals surface area contributed by atoms with Crippen LogP contribution in [0.25, 0.3) is 0 Å². The zero-order valence-electron chi connectivity index (χ0n) is 9.40. The van der Waals surface area contributed by atoms with Crippen molar-refractivity contribution in [3.8, 4) is 5.75 Å². The minimum absolute atomic E-state index is 0.101. The van der Waals surface area contributed by atoms with Crippen LogP contribution in [0.5, 0.6) is 5.75 Å². The highest BCUT2D eigenvalue weighted by molar-refractivity contribution is 5.94. The smallest absolute Gasteiger partial charge is 0.253 e. The van der Waals surface area contributed by atoms with Gasteiger partial charge < -0.3 is 15.0 Å². The van der Waals surface area contributed by atoms with Crippen molar-refractivity contribution in [1.29, 1.82) is 0 Å². The molecule has 0 atom stereocenters. The van der Waals surface area contributed by atoms with Gasteiger partial charge in [0, 0.05) is 31.7 Å². The predicted octanol–water partition coefficient (Wildman–Crippen LogP) is 0.741.